The molecule has 6 nitrogen and oxygen atoms in total. The smallest absolute Gasteiger partial charge is 0.326 e. The number of likely N-dealkylation sites (tertiary alicyclic amines) is 1. The molecule has 1 fully saturated rings. The van der Waals surface area contributed by atoms with Crippen molar-refractivity contribution in [2.45, 2.75) is 18.9 Å². The van der Waals surface area contributed by atoms with E-state index in [1.165, 1.54) is 4.90 Å². The fraction of sp³-hybridized carbons (Fsp3) is 0.357. The summed E-state index contributed by atoms with van der Waals surface area (Å²) in [5, 5.41) is 9.37. The quantitative estimate of drug-likeness (QED) is 0.815. The van der Waals surface area contributed by atoms with Crippen molar-refractivity contribution in [3.8, 4) is 0 Å². The summed E-state index contributed by atoms with van der Waals surface area (Å²) in [7, 11) is 0. The molecule has 1 aliphatic rings. The number of benzene rings is 1. The van der Waals surface area contributed by atoms with Crippen LogP contribution in [-0.4, -0.2) is 40.4 Å². The summed E-state index contributed by atoms with van der Waals surface area (Å²) in [6.45, 7) is 0.0711. The van der Waals surface area contributed by atoms with Gasteiger partial charge in [0.15, 0.2) is 0 Å². The fourth-order valence-electron chi connectivity index (χ4n) is 2.40. The Morgan fingerprint density at radius 2 is 2.00 bits per heavy atom. The van der Waals surface area contributed by atoms with Crippen molar-refractivity contribution >= 4 is 33.7 Å². The largest absolute Gasteiger partial charge is 0.480 e. The first-order chi connectivity index (χ1) is 9.88. The summed E-state index contributed by atoms with van der Waals surface area (Å²) >= 11 is 3.31. The van der Waals surface area contributed by atoms with Gasteiger partial charge in [-0.1, -0.05) is 28.1 Å². The first-order valence-electron chi connectivity index (χ1n) is 6.44. The van der Waals surface area contributed by atoms with E-state index in [9.17, 15) is 19.5 Å². The van der Waals surface area contributed by atoms with E-state index in [0.717, 1.165) is 10.0 Å². The molecule has 1 aromatic carbocycles. The van der Waals surface area contributed by atoms with E-state index in [0.29, 0.717) is 0 Å². The minimum Gasteiger partial charge on any atom is -0.480 e. The summed E-state index contributed by atoms with van der Waals surface area (Å²) in [4.78, 5) is 35.8. The van der Waals surface area contributed by atoms with Crippen LogP contribution in [0.4, 0.5) is 0 Å². The van der Waals surface area contributed by atoms with E-state index in [-0.39, 0.29) is 25.3 Å². The van der Waals surface area contributed by atoms with Crippen LogP contribution >= 0.6 is 15.9 Å². The standard InChI is InChI=1S/C14H15BrN2O4/c15-10-3-1-8(2-4-10)5-11(14(20)21)17-7-9(13(16)19)6-12(17)18/h1-4,9,11H,5-7H2,(H2,16,19)(H,20,21)/t9?,11-/m0/s1. The van der Waals surface area contributed by atoms with Gasteiger partial charge in [0.05, 0.1) is 5.92 Å². The van der Waals surface area contributed by atoms with E-state index < -0.39 is 23.8 Å². The number of hydrogen-bond acceptors (Lipinski definition) is 3. The highest BCUT2D eigenvalue weighted by atomic mass is 79.9. The molecule has 7 heteroatoms. The van der Waals surface area contributed by atoms with E-state index in [1.807, 2.05) is 12.1 Å². The number of nitrogens with two attached hydrogens (primary N) is 1. The number of aliphatic carboxylic acids is 1. The SMILES string of the molecule is NC(=O)C1CC(=O)N([C@@H](Cc2ccc(Br)cc2)C(=O)O)C1. The maximum Gasteiger partial charge on any atom is 0.326 e. The maximum atomic E-state index is 11.9. The van der Waals surface area contributed by atoms with Crippen molar-refractivity contribution < 1.29 is 19.5 Å². The third-order valence-electron chi connectivity index (χ3n) is 3.56. The lowest BCUT2D eigenvalue weighted by atomic mass is 10.0. The molecule has 0 bridgehead atoms. The van der Waals surface area contributed by atoms with Gasteiger partial charge in [0, 0.05) is 23.9 Å². The van der Waals surface area contributed by atoms with Crippen molar-refractivity contribution in [3.63, 3.8) is 0 Å². The highest BCUT2D eigenvalue weighted by Gasteiger charge is 2.39. The van der Waals surface area contributed by atoms with Gasteiger partial charge in [-0.25, -0.2) is 4.79 Å². The lowest BCUT2D eigenvalue weighted by Crippen LogP contribution is -2.44. The minimum absolute atomic E-state index is 0.0144. The molecule has 0 aromatic heterocycles. The predicted octanol–water partition coefficient (Wildman–Crippen LogP) is 0.779. The van der Waals surface area contributed by atoms with E-state index >= 15 is 0 Å². The second-order valence-corrected chi connectivity index (χ2v) is 5.95. The van der Waals surface area contributed by atoms with Gasteiger partial charge in [-0.15, -0.1) is 0 Å². The number of nitrogens with zero attached hydrogens (tertiary/aromatic N) is 1. The first-order valence-corrected chi connectivity index (χ1v) is 7.24. The molecule has 2 amide bonds. The van der Waals surface area contributed by atoms with Gasteiger partial charge in [-0.05, 0) is 17.7 Å². The molecule has 1 aliphatic heterocycles. The predicted molar refractivity (Wildman–Crippen MR) is 78.3 cm³/mol. The number of carbonyl (C=O) groups excluding carboxylic acids is 2. The van der Waals surface area contributed by atoms with Crippen LogP contribution in [0.15, 0.2) is 28.7 Å². The first kappa shape index (κ1) is 15.5. The number of primary amides is 1. The molecule has 2 rings (SSSR count). The Kier molecular flexibility index (Phi) is 4.62. The minimum atomic E-state index is -1.09. The van der Waals surface area contributed by atoms with E-state index in [2.05, 4.69) is 15.9 Å². The Balaban J connectivity index is 2.16. The van der Waals surface area contributed by atoms with E-state index in [4.69, 9.17) is 5.73 Å². The van der Waals surface area contributed by atoms with Gasteiger partial charge >= 0.3 is 5.97 Å². The lowest BCUT2D eigenvalue weighted by Gasteiger charge is -2.24. The number of carboxylic acid groups (broad SMARTS) is 1. The topological polar surface area (TPSA) is 101 Å². The molecular weight excluding hydrogens is 340 g/mol. The molecule has 21 heavy (non-hydrogen) atoms. The Morgan fingerprint density at radius 3 is 2.48 bits per heavy atom. The van der Waals surface area contributed by atoms with Gasteiger partial charge in [0.25, 0.3) is 0 Å². The molecule has 0 saturated carbocycles. The van der Waals surface area contributed by atoms with Crippen molar-refractivity contribution in [1.29, 1.82) is 0 Å². The highest BCUT2D eigenvalue weighted by Crippen LogP contribution is 2.22. The number of hydrogen-bond donors (Lipinski definition) is 2. The number of amides is 2. The van der Waals surface area contributed by atoms with Crippen LogP contribution in [0, 0.1) is 5.92 Å². The molecule has 1 saturated heterocycles. The van der Waals surface area contributed by atoms with Crippen LogP contribution in [-0.2, 0) is 20.8 Å². The third-order valence-corrected chi connectivity index (χ3v) is 4.09. The van der Waals surface area contributed by atoms with Gasteiger partial charge in [-0.2, -0.15) is 0 Å². The second kappa shape index (κ2) is 6.26. The average Bonchev–Trinajstić information content (AvgIpc) is 2.80. The van der Waals surface area contributed by atoms with Crippen LogP contribution in [0.1, 0.15) is 12.0 Å². The lowest BCUT2D eigenvalue weighted by molar-refractivity contribution is -0.148. The number of carbonyl (C=O) groups is 3. The zero-order valence-corrected chi connectivity index (χ0v) is 12.7. The molecule has 0 radical (unpaired) electrons. The summed E-state index contributed by atoms with van der Waals surface area (Å²) < 4.78 is 0.893. The van der Waals surface area contributed by atoms with E-state index in [1.54, 1.807) is 12.1 Å². The van der Waals surface area contributed by atoms with Gasteiger partial charge in [0.2, 0.25) is 11.8 Å². The summed E-state index contributed by atoms with van der Waals surface area (Å²) in [6.07, 6.45) is 0.180. The molecule has 2 atom stereocenters. The van der Waals surface area contributed by atoms with Crippen LogP contribution in [0.3, 0.4) is 0 Å². The Hall–Kier alpha value is -1.89. The van der Waals surface area contributed by atoms with Gasteiger partial charge in [0.1, 0.15) is 6.04 Å². The zero-order valence-electron chi connectivity index (χ0n) is 11.2. The highest BCUT2D eigenvalue weighted by molar-refractivity contribution is 9.10. The second-order valence-electron chi connectivity index (χ2n) is 5.03. The summed E-state index contributed by atoms with van der Waals surface area (Å²) in [6, 6.07) is 6.24. The van der Waals surface area contributed by atoms with Crippen LogP contribution in [0.25, 0.3) is 0 Å². The molecule has 0 aliphatic carbocycles. The molecule has 112 valence electrons. The van der Waals surface area contributed by atoms with Crippen LogP contribution in [0.5, 0.6) is 0 Å². The maximum absolute atomic E-state index is 11.9. The zero-order chi connectivity index (χ0) is 15.6. The number of rotatable bonds is 5. The summed E-state index contributed by atoms with van der Waals surface area (Å²) in [5.41, 5.74) is 6.00. The molecule has 1 heterocycles. The third kappa shape index (κ3) is 3.60. The normalized spacial score (nSPS) is 19.6. The molecule has 1 aromatic rings. The van der Waals surface area contributed by atoms with Crippen molar-refractivity contribution in [1.82, 2.24) is 4.90 Å². The van der Waals surface area contributed by atoms with Crippen LogP contribution < -0.4 is 5.73 Å². The average molecular weight is 355 g/mol. The van der Waals surface area contributed by atoms with Crippen molar-refractivity contribution in [2.24, 2.45) is 11.7 Å². The Labute approximate surface area is 130 Å². The Morgan fingerprint density at radius 1 is 1.38 bits per heavy atom. The van der Waals surface area contributed by atoms with Crippen molar-refractivity contribution in [3.05, 3.63) is 34.3 Å². The monoisotopic (exact) mass is 354 g/mol. The molecule has 3 N–H and O–H groups in total. The number of carboxylic acids is 1. The number of halogens is 1. The fourth-order valence-corrected chi connectivity index (χ4v) is 2.66. The van der Waals surface area contributed by atoms with Crippen LogP contribution in [0.2, 0.25) is 0 Å². The summed E-state index contributed by atoms with van der Waals surface area (Å²) in [5.74, 6) is -2.61. The Bertz CT molecular complexity index is 573. The van der Waals surface area contributed by atoms with Gasteiger partial charge in [-0.3, -0.25) is 9.59 Å². The molecule has 0 spiro atoms. The molecular formula is C14H15BrN2O4. The molecule has 1 unspecified atom stereocenters. The van der Waals surface area contributed by atoms with Gasteiger partial charge < -0.3 is 15.7 Å². The van der Waals surface area contributed by atoms with Crippen molar-refractivity contribution in [2.75, 3.05) is 6.54 Å².